The van der Waals surface area contributed by atoms with Crippen molar-refractivity contribution in [2.24, 2.45) is 0 Å². The highest BCUT2D eigenvalue weighted by atomic mass is 32.2. The zero-order chi connectivity index (χ0) is 30.8. The number of hydrogen-bond donors (Lipinski definition) is 1. The monoisotopic (exact) mass is 627 g/mol. The van der Waals surface area contributed by atoms with Crippen LogP contribution in [0.3, 0.4) is 0 Å². The van der Waals surface area contributed by atoms with Gasteiger partial charge in [0.1, 0.15) is 5.75 Å². The molecule has 0 aliphatic carbocycles. The van der Waals surface area contributed by atoms with Gasteiger partial charge in [0.25, 0.3) is 5.91 Å². The number of furan rings is 1. The number of Topliss-reactive ketones (excluding diaryl/α,β-unsaturated/α-hetero) is 1. The standard InChI is InChI=1S/C33H29N3O6S2/c1-4-15-41-23-9-5-7-21(16-23)27-26(28(37)25-17-22-8-6-10-24(40-3)30(22)42-25)29(38)31(39)36(27)32-34-35-33(44-32)43-18-20-13-11-19(2)12-14-20/h5-14,16-17,27,38H,4,15,18H2,1-3H3. The van der Waals surface area contributed by atoms with Gasteiger partial charge in [-0.3, -0.25) is 14.5 Å². The normalized spacial score (nSPS) is 14.9. The number of anilines is 1. The molecule has 1 amide bonds. The Morgan fingerprint density at radius 3 is 2.66 bits per heavy atom. The van der Waals surface area contributed by atoms with E-state index in [1.807, 2.05) is 19.9 Å². The average molecular weight is 628 g/mol. The molecular formula is C33H29N3O6S2. The molecule has 44 heavy (non-hydrogen) atoms. The molecule has 6 rings (SSSR count). The fourth-order valence-electron chi connectivity index (χ4n) is 4.97. The van der Waals surface area contributed by atoms with Gasteiger partial charge in [0.05, 0.1) is 25.3 Å². The van der Waals surface area contributed by atoms with Crippen LogP contribution in [0.4, 0.5) is 5.13 Å². The molecule has 1 unspecified atom stereocenters. The number of aliphatic hydroxyl groups is 1. The maximum atomic E-state index is 14.1. The quantitative estimate of drug-likeness (QED) is 0.0905. The third kappa shape index (κ3) is 5.68. The molecule has 1 atom stereocenters. The third-order valence-corrected chi connectivity index (χ3v) is 9.26. The van der Waals surface area contributed by atoms with Crippen LogP contribution in [0.1, 0.15) is 46.6 Å². The Hall–Kier alpha value is -4.61. The first kappa shape index (κ1) is 29.5. The lowest BCUT2D eigenvalue weighted by atomic mass is 9.95. The van der Waals surface area contributed by atoms with Gasteiger partial charge in [0, 0.05) is 11.1 Å². The largest absolute Gasteiger partial charge is 0.503 e. The van der Waals surface area contributed by atoms with Crippen molar-refractivity contribution in [1.82, 2.24) is 10.2 Å². The molecule has 0 fully saturated rings. The number of nitrogens with zero attached hydrogens (tertiary/aromatic N) is 3. The van der Waals surface area contributed by atoms with Crippen molar-refractivity contribution in [1.29, 1.82) is 0 Å². The van der Waals surface area contributed by atoms with E-state index in [1.54, 1.807) is 42.5 Å². The average Bonchev–Trinajstić information content (AvgIpc) is 3.76. The predicted octanol–water partition coefficient (Wildman–Crippen LogP) is 7.47. The molecule has 0 spiro atoms. The summed E-state index contributed by atoms with van der Waals surface area (Å²) in [6, 6.07) is 21.3. The summed E-state index contributed by atoms with van der Waals surface area (Å²) in [6.07, 6.45) is 0.812. The van der Waals surface area contributed by atoms with E-state index in [0.29, 0.717) is 44.7 Å². The summed E-state index contributed by atoms with van der Waals surface area (Å²) in [5.41, 5.74) is 3.15. The highest BCUT2D eigenvalue weighted by Crippen LogP contribution is 2.45. The molecule has 0 bridgehead atoms. The van der Waals surface area contributed by atoms with E-state index in [9.17, 15) is 14.7 Å². The fourth-order valence-corrected chi connectivity index (χ4v) is 6.80. The van der Waals surface area contributed by atoms with Crippen LogP contribution in [-0.2, 0) is 10.5 Å². The van der Waals surface area contributed by atoms with E-state index in [0.717, 1.165) is 12.0 Å². The smallest absolute Gasteiger partial charge is 0.296 e. The van der Waals surface area contributed by atoms with Crippen molar-refractivity contribution < 1.29 is 28.6 Å². The molecule has 1 aliphatic rings. The number of benzene rings is 3. The second kappa shape index (κ2) is 12.6. The molecule has 224 valence electrons. The highest BCUT2D eigenvalue weighted by Gasteiger charge is 2.47. The number of ether oxygens (including phenoxy) is 2. The molecule has 3 heterocycles. The Morgan fingerprint density at radius 2 is 1.89 bits per heavy atom. The Kier molecular flexibility index (Phi) is 8.40. The van der Waals surface area contributed by atoms with E-state index >= 15 is 0 Å². The van der Waals surface area contributed by atoms with Crippen LogP contribution in [0.5, 0.6) is 11.5 Å². The van der Waals surface area contributed by atoms with E-state index in [1.165, 1.54) is 40.7 Å². The Morgan fingerprint density at radius 1 is 1.09 bits per heavy atom. The zero-order valence-electron chi connectivity index (χ0n) is 24.3. The van der Waals surface area contributed by atoms with Gasteiger partial charge in [-0.15, -0.1) is 10.2 Å². The van der Waals surface area contributed by atoms with Crippen molar-refractivity contribution in [3.05, 3.63) is 107 Å². The summed E-state index contributed by atoms with van der Waals surface area (Å²) < 4.78 is 17.8. The van der Waals surface area contributed by atoms with Gasteiger partial charge in [0.2, 0.25) is 10.9 Å². The van der Waals surface area contributed by atoms with E-state index in [2.05, 4.69) is 34.5 Å². The van der Waals surface area contributed by atoms with Gasteiger partial charge in [-0.2, -0.15) is 0 Å². The number of aromatic nitrogens is 2. The summed E-state index contributed by atoms with van der Waals surface area (Å²) in [7, 11) is 1.51. The lowest BCUT2D eigenvalue weighted by Gasteiger charge is -2.24. The number of aryl methyl sites for hydroxylation is 1. The summed E-state index contributed by atoms with van der Waals surface area (Å²) in [5.74, 6) is -0.364. The van der Waals surface area contributed by atoms with Crippen molar-refractivity contribution >= 4 is 50.9 Å². The molecule has 9 nitrogen and oxygen atoms in total. The molecule has 1 aliphatic heterocycles. The van der Waals surface area contributed by atoms with Gasteiger partial charge >= 0.3 is 0 Å². The number of methoxy groups -OCH3 is 1. The van der Waals surface area contributed by atoms with Crippen LogP contribution in [0, 0.1) is 6.92 Å². The number of amides is 1. The van der Waals surface area contributed by atoms with Gasteiger partial charge in [0.15, 0.2) is 27.2 Å². The lowest BCUT2D eigenvalue weighted by Crippen LogP contribution is -2.31. The maximum Gasteiger partial charge on any atom is 0.296 e. The van der Waals surface area contributed by atoms with Gasteiger partial charge in [-0.25, -0.2) is 0 Å². The predicted molar refractivity (Wildman–Crippen MR) is 170 cm³/mol. The minimum Gasteiger partial charge on any atom is -0.503 e. The van der Waals surface area contributed by atoms with Crippen molar-refractivity contribution in [3.8, 4) is 11.5 Å². The maximum absolute atomic E-state index is 14.1. The number of para-hydroxylation sites is 1. The second-order valence-electron chi connectivity index (χ2n) is 10.2. The topological polar surface area (TPSA) is 115 Å². The Labute approximate surface area is 262 Å². The van der Waals surface area contributed by atoms with Gasteiger partial charge in [-0.1, -0.05) is 84.1 Å². The van der Waals surface area contributed by atoms with Crippen LogP contribution in [0.25, 0.3) is 11.0 Å². The Bertz CT molecular complexity index is 1880. The number of rotatable bonds is 11. The van der Waals surface area contributed by atoms with Crippen LogP contribution in [0.2, 0.25) is 0 Å². The Balaban J connectivity index is 1.38. The van der Waals surface area contributed by atoms with E-state index < -0.39 is 23.5 Å². The second-order valence-corrected chi connectivity index (χ2v) is 12.4. The highest BCUT2D eigenvalue weighted by molar-refractivity contribution is 8.00. The van der Waals surface area contributed by atoms with Crippen LogP contribution in [-0.4, -0.2) is 40.7 Å². The summed E-state index contributed by atoms with van der Waals surface area (Å²) in [5, 5.41) is 20.8. The lowest BCUT2D eigenvalue weighted by molar-refractivity contribution is -0.117. The zero-order valence-corrected chi connectivity index (χ0v) is 25.9. The van der Waals surface area contributed by atoms with Gasteiger partial charge in [-0.05, 0) is 48.7 Å². The summed E-state index contributed by atoms with van der Waals surface area (Å²) >= 11 is 2.72. The molecule has 3 aromatic carbocycles. The summed E-state index contributed by atoms with van der Waals surface area (Å²) in [4.78, 5) is 29.1. The molecule has 0 saturated heterocycles. The molecule has 0 saturated carbocycles. The summed E-state index contributed by atoms with van der Waals surface area (Å²) in [6.45, 7) is 4.55. The third-order valence-electron chi connectivity index (χ3n) is 7.14. The number of aliphatic hydroxyl groups excluding tert-OH is 1. The minimum atomic E-state index is -1.00. The first-order chi connectivity index (χ1) is 21.4. The first-order valence-electron chi connectivity index (χ1n) is 14.0. The molecule has 11 heteroatoms. The molecular weight excluding hydrogens is 599 g/mol. The number of fused-ring (bicyclic) bond motifs is 1. The van der Waals surface area contributed by atoms with Crippen molar-refractivity contribution in [2.45, 2.75) is 36.4 Å². The van der Waals surface area contributed by atoms with Gasteiger partial charge < -0.3 is 19.0 Å². The number of carbonyl (C=O) groups excluding carboxylic acids is 2. The molecule has 1 N–H and O–H groups in total. The molecule has 2 aromatic heterocycles. The van der Waals surface area contributed by atoms with Crippen LogP contribution < -0.4 is 14.4 Å². The molecule has 5 aromatic rings. The van der Waals surface area contributed by atoms with Crippen LogP contribution >= 0.6 is 23.1 Å². The van der Waals surface area contributed by atoms with E-state index in [4.69, 9.17) is 13.9 Å². The van der Waals surface area contributed by atoms with Crippen molar-refractivity contribution in [2.75, 3.05) is 18.6 Å². The number of carbonyl (C=O) groups is 2. The SMILES string of the molecule is CCCOc1cccc(C2C(C(=O)c3cc4cccc(OC)c4o3)=C(O)C(=O)N2c2nnc(SCc3ccc(C)cc3)s2)c1. The fraction of sp³-hybridized carbons (Fsp3) is 0.212. The van der Waals surface area contributed by atoms with Crippen molar-refractivity contribution in [3.63, 3.8) is 0 Å². The molecule has 0 radical (unpaired) electrons. The number of hydrogen-bond acceptors (Lipinski definition) is 10. The van der Waals surface area contributed by atoms with E-state index in [-0.39, 0.29) is 16.5 Å². The first-order valence-corrected chi connectivity index (χ1v) is 15.8. The number of ketones is 1. The minimum absolute atomic E-state index is 0.0318. The number of thioether (sulfide) groups is 1. The van der Waals surface area contributed by atoms with Crippen LogP contribution in [0.15, 0.2) is 92.9 Å².